The van der Waals surface area contributed by atoms with Crippen molar-refractivity contribution < 1.29 is 9.26 Å². The van der Waals surface area contributed by atoms with Crippen LogP contribution in [0.2, 0.25) is 0 Å². The molecule has 1 atom stereocenters. The third kappa shape index (κ3) is 4.93. The van der Waals surface area contributed by atoms with E-state index >= 15 is 0 Å². The Hall–Kier alpha value is -1.70. The maximum absolute atomic E-state index is 5.70. The zero-order chi connectivity index (χ0) is 18.5. The van der Waals surface area contributed by atoms with E-state index in [1.54, 1.807) is 12.4 Å². The molecule has 26 heavy (non-hydrogen) atoms. The summed E-state index contributed by atoms with van der Waals surface area (Å²) in [7, 11) is 0. The van der Waals surface area contributed by atoms with E-state index in [0.29, 0.717) is 40.9 Å². The largest absolute Gasteiger partial charge is 0.477 e. The number of piperidine rings is 1. The Kier molecular flexibility index (Phi) is 6.45. The van der Waals surface area contributed by atoms with Gasteiger partial charge in [-0.25, -0.2) is 9.97 Å². The van der Waals surface area contributed by atoms with Gasteiger partial charge in [0.2, 0.25) is 5.88 Å². The molecule has 0 aromatic carbocycles. The number of ether oxygens (including phenoxy) is 1. The third-order valence-electron chi connectivity index (χ3n) is 4.98. The van der Waals surface area contributed by atoms with Gasteiger partial charge in [-0.05, 0) is 47.0 Å². The van der Waals surface area contributed by atoms with Gasteiger partial charge < -0.3 is 14.2 Å². The molecule has 1 fully saturated rings. The number of aromatic nitrogens is 4. The predicted molar refractivity (Wildman–Crippen MR) is 102 cm³/mol. The first-order chi connectivity index (χ1) is 12.5. The van der Waals surface area contributed by atoms with E-state index < -0.39 is 0 Å². The van der Waals surface area contributed by atoms with Crippen LogP contribution in [0.5, 0.6) is 5.88 Å². The van der Waals surface area contributed by atoms with E-state index in [4.69, 9.17) is 9.26 Å². The SMILES string of the molecule is CC(C)c1noc(N2CCC(C(C)CCOc3cnc(Br)cn3)CC2)n1. The molecule has 1 aliphatic heterocycles. The third-order valence-corrected chi connectivity index (χ3v) is 5.39. The first-order valence-corrected chi connectivity index (χ1v) is 10.0. The Labute approximate surface area is 162 Å². The summed E-state index contributed by atoms with van der Waals surface area (Å²) in [5, 5.41) is 4.06. The minimum atomic E-state index is 0.292. The second kappa shape index (κ2) is 8.79. The zero-order valence-corrected chi connectivity index (χ0v) is 17.1. The summed E-state index contributed by atoms with van der Waals surface area (Å²) < 4.78 is 11.8. The number of nitrogens with zero attached hydrogens (tertiary/aromatic N) is 5. The number of anilines is 1. The Balaban J connectivity index is 1.41. The van der Waals surface area contributed by atoms with Crippen LogP contribution in [-0.2, 0) is 0 Å². The molecule has 0 radical (unpaired) electrons. The molecular formula is C18H26BrN5O2. The van der Waals surface area contributed by atoms with Gasteiger partial charge >= 0.3 is 6.01 Å². The molecule has 2 aromatic heterocycles. The highest BCUT2D eigenvalue weighted by Crippen LogP contribution is 2.29. The molecule has 0 N–H and O–H groups in total. The Morgan fingerprint density at radius 2 is 2.00 bits per heavy atom. The number of hydrogen-bond acceptors (Lipinski definition) is 7. The minimum absolute atomic E-state index is 0.292. The van der Waals surface area contributed by atoms with Crippen LogP contribution < -0.4 is 9.64 Å². The molecule has 0 amide bonds. The van der Waals surface area contributed by atoms with Crippen molar-refractivity contribution in [3.05, 3.63) is 22.8 Å². The first-order valence-electron chi connectivity index (χ1n) is 9.22. The summed E-state index contributed by atoms with van der Waals surface area (Å²) in [6, 6.07) is 0.664. The standard InChI is InChI=1S/C18H26BrN5O2/c1-12(2)17-22-18(26-23-17)24-7-4-14(5-8-24)13(3)6-9-25-16-11-20-15(19)10-21-16/h10-14H,4-9H2,1-3H3. The van der Waals surface area contributed by atoms with Crippen LogP contribution in [0.15, 0.2) is 21.5 Å². The summed E-state index contributed by atoms with van der Waals surface area (Å²) in [5.41, 5.74) is 0. The lowest BCUT2D eigenvalue weighted by atomic mass is 9.84. The summed E-state index contributed by atoms with van der Waals surface area (Å²) in [4.78, 5) is 15.0. The fraction of sp³-hybridized carbons (Fsp3) is 0.667. The molecule has 1 unspecified atom stereocenters. The quantitative estimate of drug-likeness (QED) is 0.663. The Morgan fingerprint density at radius 3 is 2.62 bits per heavy atom. The lowest BCUT2D eigenvalue weighted by Gasteiger charge is -2.33. The average Bonchev–Trinajstić information content (AvgIpc) is 3.14. The molecule has 0 saturated carbocycles. The van der Waals surface area contributed by atoms with Crippen LogP contribution in [0.1, 0.15) is 51.8 Å². The second-order valence-corrected chi connectivity index (χ2v) is 8.02. The monoisotopic (exact) mass is 423 g/mol. The molecule has 7 nitrogen and oxygen atoms in total. The molecule has 8 heteroatoms. The van der Waals surface area contributed by atoms with Crippen LogP contribution in [0.25, 0.3) is 0 Å². The van der Waals surface area contributed by atoms with Gasteiger partial charge in [-0.2, -0.15) is 4.98 Å². The van der Waals surface area contributed by atoms with Crippen LogP contribution in [0.4, 0.5) is 6.01 Å². The molecule has 2 aromatic rings. The number of halogens is 1. The van der Waals surface area contributed by atoms with Crippen LogP contribution in [-0.4, -0.2) is 39.8 Å². The van der Waals surface area contributed by atoms with Gasteiger partial charge in [0.15, 0.2) is 5.82 Å². The van der Waals surface area contributed by atoms with Crippen LogP contribution >= 0.6 is 15.9 Å². The second-order valence-electron chi connectivity index (χ2n) is 7.21. The highest BCUT2D eigenvalue weighted by molar-refractivity contribution is 9.10. The van der Waals surface area contributed by atoms with Crippen molar-refractivity contribution in [2.75, 3.05) is 24.6 Å². The fourth-order valence-corrected chi connectivity index (χ4v) is 3.41. The topological polar surface area (TPSA) is 77.2 Å². The maximum Gasteiger partial charge on any atom is 0.324 e. The normalized spacial score (nSPS) is 16.9. The van der Waals surface area contributed by atoms with Gasteiger partial charge in [-0.3, -0.25) is 0 Å². The van der Waals surface area contributed by atoms with Crippen molar-refractivity contribution in [2.24, 2.45) is 11.8 Å². The van der Waals surface area contributed by atoms with Crippen molar-refractivity contribution in [3.63, 3.8) is 0 Å². The maximum atomic E-state index is 5.70. The summed E-state index contributed by atoms with van der Waals surface area (Å²) in [6.07, 6.45) is 6.58. The van der Waals surface area contributed by atoms with Gasteiger partial charge in [-0.15, -0.1) is 0 Å². The van der Waals surface area contributed by atoms with E-state index in [9.17, 15) is 0 Å². The Morgan fingerprint density at radius 1 is 1.23 bits per heavy atom. The van der Waals surface area contributed by atoms with E-state index in [1.165, 1.54) is 0 Å². The molecule has 0 spiro atoms. The van der Waals surface area contributed by atoms with E-state index in [1.807, 2.05) is 0 Å². The summed E-state index contributed by atoms with van der Waals surface area (Å²) >= 11 is 3.27. The van der Waals surface area contributed by atoms with E-state index in [-0.39, 0.29) is 0 Å². The lowest BCUT2D eigenvalue weighted by molar-refractivity contribution is 0.216. The molecular weight excluding hydrogens is 398 g/mol. The van der Waals surface area contributed by atoms with E-state index in [2.05, 4.69) is 61.7 Å². The molecule has 1 aliphatic rings. The number of hydrogen-bond donors (Lipinski definition) is 0. The van der Waals surface area contributed by atoms with E-state index in [0.717, 1.165) is 38.2 Å². The van der Waals surface area contributed by atoms with Crippen LogP contribution in [0, 0.1) is 11.8 Å². The Bertz CT molecular complexity index is 683. The summed E-state index contributed by atoms with van der Waals surface area (Å²) in [6.45, 7) is 9.05. The van der Waals surface area contributed by atoms with Crippen molar-refractivity contribution in [1.82, 2.24) is 20.1 Å². The smallest absolute Gasteiger partial charge is 0.324 e. The van der Waals surface area contributed by atoms with Crippen molar-refractivity contribution in [3.8, 4) is 5.88 Å². The zero-order valence-electron chi connectivity index (χ0n) is 15.6. The van der Waals surface area contributed by atoms with Crippen molar-refractivity contribution in [1.29, 1.82) is 0 Å². The lowest BCUT2D eigenvalue weighted by Crippen LogP contribution is -2.36. The highest BCUT2D eigenvalue weighted by atomic mass is 79.9. The van der Waals surface area contributed by atoms with Gasteiger partial charge in [0.05, 0.1) is 19.0 Å². The van der Waals surface area contributed by atoms with Gasteiger partial charge in [0.25, 0.3) is 0 Å². The molecule has 3 rings (SSSR count). The van der Waals surface area contributed by atoms with Gasteiger partial charge in [0.1, 0.15) is 4.60 Å². The number of rotatable bonds is 7. The molecule has 3 heterocycles. The van der Waals surface area contributed by atoms with Crippen LogP contribution in [0.3, 0.4) is 0 Å². The molecule has 0 bridgehead atoms. The minimum Gasteiger partial charge on any atom is -0.477 e. The molecule has 0 aliphatic carbocycles. The average molecular weight is 424 g/mol. The molecule has 142 valence electrons. The fourth-order valence-electron chi connectivity index (χ4n) is 3.21. The van der Waals surface area contributed by atoms with Crippen molar-refractivity contribution >= 4 is 21.9 Å². The predicted octanol–water partition coefficient (Wildman–Crippen LogP) is 4.07. The molecule has 1 saturated heterocycles. The summed E-state index contributed by atoms with van der Waals surface area (Å²) in [5.74, 6) is 2.95. The highest BCUT2D eigenvalue weighted by Gasteiger charge is 2.26. The van der Waals surface area contributed by atoms with Gasteiger partial charge in [0, 0.05) is 19.0 Å². The van der Waals surface area contributed by atoms with Crippen molar-refractivity contribution in [2.45, 2.75) is 46.0 Å². The first kappa shape index (κ1) is 19.1. The van der Waals surface area contributed by atoms with Gasteiger partial charge in [-0.1, -0.05) is 25.9 Å².